The van der Waals surface area contributed by atoms with Crippen molar-refractivity contribution in [2.45, 2.75) is 109 Å². The van der Waals surface area contributed by atoms with E-state index in [1.54, 1.807) is 24.3 Å². The Morgan fingerprint density at radius 2 is 1.74 bits per heavy atom. The van der Waals surface area contributed by atoms with Crippen LogP contribution in [0.5, 0.6) is 0 Å². The molecule has 4 saturated carbocycles. The van der Waals surface area contributed by atoms with Crippen molar-refractivity contribution in [3.05, 3.63) is 29.8 Å². The summed E-state index contributed by atoms with van der Waals surface area (Å²) >= 11 is 0. The number of aryl methyl sites for hydroxylation is 1. The number of carbonyl (C=O) groups is 1. The van der Waals surface area contributed by atoms with Gasteiger partial charge in [-0.15, -0.1) is 0 Å². The zero-order valence-corrected chi connectivity index (χ0v) is 27.4. The first-order chi connectivity index (χ1) is 20.3. The minimum absolute atomic E-state index is 0.00203. The Balaban J connectivity index is 1.19. The van der Waals surface area contributed by atoms with Crippen molar-refractivity contribution in [2.75, 3.05) is 20.3 Å². The first kappa shape index (κ1) is 32.9. The molecule has 11 atom stereocenters. The lowest BCUT2D eigenvalue weighted by Gasteiger charge is -2.63. The lowest BCUT2D eigenvalue weighted by atomic mass is 9.43. The molecule has 0 bridgehead atoms. The van der Waals surface area contributed by atoms with E-state index in [0.717, 1.165) is 50.5 Å². The molecule has 11 unspecified atom stereocenters. The first-order valence-electron chi connectivity index (χ1n) is 16.3. The van der Waals surface area contributed by atoms with Crippen LogP contribution >= 0.6 is 0 Å². The molecule has 1 aromatic carbocycles. The maximum absolute atomic E-state index is 12.5. The van der Waals surface area contributed by atoms with Gasteiger partial charge in [0.2, 0.25) is 0 Å². The lowest BCUT2D eigenvalue weighted by molar-refractivity contribution is -0.209. The van der Waals surface area contributed by atoms with Crippen LogP contribution in [0.2, 0.25) is 0 Å². The van der Waals surface area contributed by atoms with Gasteiger partial charge >= 0.3 is 5.97 Å². The van der Waals surface area contributed by atoms with Crippen LogP contribution in [-0.4, -0.2) is 63.2 Å². The Labute approximate surface area is 258 Å². The molecule has 0 amide bonds. The smallest absolute Gasteiger partial charge is 0.305 e. The van der Waals surface area contributed by atoms with Gasteiger partial charge in [-0.1, -0.05) is 38.5 Å². The summed E-state index contributed by atoms with van der Waals surface area (Å²) in [6.45, 7) is 8.89. The fourth-order valence-corrected chi connectivity index (χ4v) is 10.9. The van der Waals surface area contributed by atoms with Crippen LogP contribution in [0.25, 0.3) is 0 Å². The Morgan fingerprint density at radius 1 is 1.02 bits per heavy atom. The van der Waals surface area contributed by atoms with Crippen LogP contribution in [-0.2, 0) is 28.6 Å². The molecular formula is C34H52O8S. The molecule has 4 aliphatic carbocycles. The number of ether oxygens (including phenoxy) is 2. The molecule has 0 spiro atoms. The molecule has 0 radical (unpaired) electrons. The Hall–Kier alpha value is -1.52. The average Bonchev–Trinajstić information content (AvgIpc) is 3.33. The van der Waals surface area contributed by atoms with Crippen molar-refractivity contribution < 1.29 is 37.1 Å². The summed E-state index contributed by atoms with van der Waals surface area (Å²) < 4.78 is 41.3. The van der Waals surface area contributed by atoms with Gasteiger partial charge in [0.1, 0.15) is 0 Å². The summed E-state index contributed by atoms with van der Waals surface area (Å²) in [5.41, 5.74) is 0.739. The minimum Gasteiger partial charge on any atom is -0.469 e. The highest BCUT2D eigenvalue weighted by atomic mass is 32.2. The van der Waals surface area contributed by atoms with E-state index >= 15 is 0 Å². The summed E-state index contributed by atoms with van der Waals surface area (Å²) in [4.78, 5) is 12.0. The molecule has 4 fully saturated rings. The monoisotopic (exact) mass is 620 g/mol. The zero-order valence-electron chi connectivity index (χ0n) is 26.5. The molecule has 4 aliphatic rings. The highest BCUT2D eigenvalue weighted by molar-refractivity contribution is 7.86. The van der Waals surface area contributed by atoms with Gasteiger partial charge in [0, 0.05) is 6.42 Å². The number of carbonyl (C=O) groups excluding carboxylic acids is 1. The van der Waals surface area contributed by atoms with Crippen LogP contribution in [0.1, 0.15) is 84.1 Å². The third kappa shape index (κ3) is 6.18. The van der Waals surface area contributed by atoms with Gasteiger partial charge in [-0.3, -0.25) is 8.98 Å². The summed E-state index contributed by atoms with van der Waals surface area (Å²) in [6.07, 6.45) is 6.46. The fourth-order valence-electron chi connectivity index (χ4n) is 10.0. The topological polar surface area (TPSA) is 119 Å². The van der Waals surface area contributed by atoms with Crippen molar-refractivity contribution in [1.29, 1.82) is 0 Å². The molecule has 8 nitrogen and oxygen atoms in total. The van der Waals surface area contributed by atoms with E-state index in [1.165, 1.54) is 7.11 Å². The number of hydrogen-bond acceptors (Lipinski definition) is 8. The summed E-state index contributed by atoms with van der Waals surface area (Å²) in [5, 5.41) is 23.5. The predicted octanol–water partition coefficient (Wildman–Crippen LogP) is 5.28. The van der Waals surface area contributed by atoms with Crippen molar-refractivity contribution in [2.24, 2.45) is 46.3 Å². The number of aliphatic hydroxyl groups is 2. The van der Waals surface area contributed by atoms with Gasteiger partial charge < -0.3 is 19.7 Å². The van der Waals surface area contributed by atoms with E-state index in [4.69, 9.17) is 13.7 Å². The number of hydrogen-bond donors (Lipinski definition) is 2. The van der Waals surface area contributed by atoms with Crippen LogP contribution in [0.3, 0.4) is 0 Å². The number of esters is 1. The maximum Gasteiger partial charge on any atom is 0.305 e. The van der Waals surface area contributed by atoms with Crippen LogP contribution in [0, 0.1) is 53.3 Å². The second kappa shape index (κ2) is 12.7. The van der Waals surface area contributed by atoms with Crippen molar-refractivity contribution >= 4 is 16.1 Å². The molecule has 9 heteroatoms. The molecule has 242 valence electrons. The highest BCUT2D eigenvalue weighted by Crippen LogP contribution is 2.68. The van der Waals surface area contributed by atoms with Gasteiger partial charge in [-0.2, -0.15) is 8.42 Å². The second-order valence-electron chi connectivity index (χ2n) is 14.5. The molecule has 43 heavy (non-hydrogen) atoms. The molecule has 1 aromatic rings. The highest BCUT2D eigenvalue weighted by Gasteiger charge is 2.65. The standard InChI is InChI=1S/C34H52O8S/c1-21-6-9-25(10-7-21)43(38,39)42-17-16-41-24-14-15-33(3)23(18-24)19-29(35)32-27-12-11-26(22(2)8-13-31(37)40-5)34(27,4)30(36)20-28(32)33/h6-7,9-10,22-24,26-30,32,35-36H,8,11-20H2,1-5H3. The minimum atomic E-state index is -3.82. The predicted molar refractivity (Wildman–Crippen MR) is 162 cm³/mol. The van der Waals surface area contributed by atoms with Gasteiger partial charge in [0.15, 0.2) is 0 Å². The number of rotatable bonds is 10. The molecule has 5 rings (SSSR count). The van der Waals surface area contributed by atoms with Gasteiger partial charge in [-0.05, 0) is 117 Å². The third-order valence-corrected chi connectivity index (χ3v) is 13.8. The largest absolute Gasteiger partial charge is 0.469 e. The van der Waals surface area contributed by atoms with Crippen molar-refractivity contribution in [3.8, 4) is 0 Å². The maximum atomic E-state index is 12.5. The van der Waals surface area contributed by atoms with Crippen LogP contribution in [0.4, 0.5) is 0 Å². The van der Waals surface area contributed by atoms with Crippen molar-refractivity contribution in [3.63, 3.8) is 0 Å². The molecule has 0 aromatic heterocycles. The zero-order chi connectivity index (χ0) is 31.2. The molecule has 0 aliphatic heterocycles. The van der Waals surface area contributed by atoms with E-state index in [2.05, 4.69) is 20.8 Å². The van der Waals surface area contributed by atoms with E-state index in [0.29, 0.717) is 24.7 Å². The molecule has 2 N–H and O–H groups in total. The number of fused-ring (bicyclic) bond motifs is 5. The first-order valence-corrected chi connectivity index (χ1v) is 17.7. The number of aliphatic hydroxyl groups excluding tert-OH is 2. The van der Waals surface area contributed by atoms with E-state index in [9.17, 15) is 23.4 Å². The van der Waals surface area contributed by atoms with Gasteiger partial charge in [-0.25, -0.2) is 0 Å². The van der Waals surface area contributed by atoms with E-state index in [1.807, 2.05) is 6.92 Å². The van der Waals surface area contributed by atoms with Crippen LogP contribution < -0.4 is 0 Å². The Morgan fingerprint density at radius 3 is 2.44 bits per heavy atom. The second-order valence-corrected chi connectivity index (χ2v) is 16.2. The van der Waals surface area contributed by atoms with Gasteiger partial charge in [0.25, 0.3) is 10.1 Å². The fraction of sp³-hybridized carbons (Fsp3) is 0.794. The normalized spacial score (nSPS) is 39.8. The third-order valence-electron chi connectivity index (χ3n) is 12.5. The van der Waals surface area contributed by atoms with E-state index in [-0.39, 0.29) is 64.7 Å². The average molecular weight is 621 g/mol. The van der Waals surface area contributed by atoms with Gasteiger partial charge in [0.05, 0.1) is 43.5 Å². The van der Waals surface area contributed by atoms with Crippen LogP contribution in [0.15, 0.2) is 29.2 Å². The molecule has 0 saturated heterocycles. The lowest BCUT2D eigenvalue weighted by Crippen LogP contribution is -2.62. The summed E-state index contributed by atoms with van der Waals surface area (Å²) in [7, 11) is -2.39. The molecular weight excluding hydrogens is 568 g/mol. The Kier molecular flexibility index (Phi) is 9.71. The summed E-state index contributed by atoms with van der Waals surface area (Å²) in [6, 6.07) is 6.61. The number of methoxy groups -OCH3 is 1. The quantitative estimate of drug-likeness (QED) is 0.206. The SMILES string of the molecule is COC(=O)CCC(C)C1CCC2C3C(O)CC4CC(OCCOS(=O)(=O)c5ccc(C)cc5)CCC4(C)C3CC(O)C12C. The van der Waals surface area contributed by atoms with Crippen molar-refractivity contribution in [1.82, 2.24) is 0 Å². The molecule has 0 heterocycles. The summed E-state index contributed by atoms with van der Waals surface area (Å²) in [5.74, 6) is 1.41. The van der Waals surface area contributed by atoms with E-state index < -0.39 is 22.3 Å². The Bertz CT molecular complexity index is 1230. The number of benzene rings is 1.